The Balaban J connectivity index is 2.04. The van der Waals surface area contributed by atoms with Gasteiger partial charge in [0.1, 0.15) is 5.75 Å². The molecule has 2 rings (SSSR count). The van der Waals surface area contributed by atoms with E-state index in [-0.39, 0.29) is 0 Å². The Morgan fingerprint density at radius 2 is 1.95 bits per heavy atom. The van der Waals surface area contributed by atoms with Gasteiger partial charge in [0.25, 0.3) is 0 Å². The molecule has 0 saturated heterocycles. The van der Waals surface area contributed by atoms with Crippen LogP contribution in [0.4, 0.5) is 0 Å². The highest BCUT2D eigenvalue weighted by atomic mass is 32.1. The summed E-state index contributed by atoms with van der Waals surface area (Å²) in [7, 11) is 0. The molecule has 1 N–H and O–H groups in total. The minimum atomic E-state index is 0.374. The SMILES string of the molecule is CCCOc1ccc(C(Cc2cccs2)NCC)cc1. The summed E-state index contributed by atoms with van der Waals surface area (Å²) in [6.07, 6.45) is 2.08. The molecule has 1 heterocycles. The van der Waals surface area contributed by atoms with E-state index in [2.05, 4.69) is 60.9 Å². The predicted molar refractivity (Wildman–Crippen MR) is 86.7 cm³/mol. The van der Waals surface area contributed by atoms with E-state index in [0.29, 0.717) is 6.04 Å². The molecule has 20 heavy (non-hydrogen) atoms. The highest BCUT2D eigenvalue weighted by Crippen LogP contribution is 2.23. The summed E-state index contributed by atoms with van der Waals surface area (Å²) in [6.45, 7) is 6.03. The molecular formula is C17H23NOS. The molecule has 0 amide bonds. The Kier molecular flexibility index (Phi) is 6.09. The van der Waals surface area contributed by atoms with Crippen molar-refractivity contribution < 1.29 is 4.74 Å². The number of nitrogens with one attached hydrogen (secondary N) is 1. The van der Waals surface area contributed by atoms with E-state index >= 15 is 0 Å². The average molecular weight is 289 g/mol. The van der Waals surface area contributed by atoms with Crippen LogP contribution in [0.2, 0.25) is 0 Å². The van der Waals surface area contributed by atoms with Crippen LogP contribution in [0.3, 0.4) is 0 Å². The lowest BCUT2D eigenvalue weighted by Gasteiger charge is -2.18. The number of thiophene rings is 1. The van der Waals surface area contributed by atoms with Gasteiger partial charge in [-0.1, -0.05) is 32.0 Å². The summed E-state index contributed by atoms with van der Waals surface area (Å²) in [5.41, 5.74) is 1.32. The fourth-order valence-corrected chi connectivity index (χ4v) is 2.95. The number of hydrogen-bond acceptors (Lipinski definition) is 3. The van der Waals surface area contributed by atoms with Gasteiger partial charge in [-0.3, -0.25) is 0 Å². The van der Waals surface area contributed by atoms with Crippen molar-refractivity contribution in [3.63, 3.8) is 0 Å². The van der Waals surface area contributed by atoms with Crippen molar-refractivity contribution in [3.05, 3.63) is 52.2 Å². The van der Waals surface area contributed by atoms with Crippen LogP contribution in [0, 0.1) is 0 Å². The van der Waals surface area contributed by atoms with E-state index in [1.807, 2.05) is 11.3 Å². The summed E-state index contributed by atoms with van der Waals surface area (Å²) in [5, 5.41) is 5.70. The molecule has 2 nitrogen and oxygen atoms in total. The van der Waals surface area contributed by atoms with Crippen molar-refractivity contribution in [3.8, 4) is 5.75 Å². The molecule has 1 unspecified atom stereocenters. The van der Waals surface area contributed by atoms with Crippen LogP contribution in [0.15, 0.2) is 41.8 Å². The highest BCUT2D eigenvalue weighted by Gasteiger charge is 2.11. The molecule has 0 saturated carbocycles. The number of likely N-dealkylation sites (N-methyl/N-ethyl adjacent to an activating group) is 1. The minimum Gasteiger partial charge on any atom is -0.494 e. The van der Waals surface area contributed by atoms with Crippen LogP contribution in [0.1, 0.15) is 36.8 Å². The first kappa shape index (κ1) is 15.1. The molecule has 1 atom stereocenters. The lowest BCUT2D eigenvalue weighted by molar-refractivity contribution is 0.317. The Hall–Kier alpha value is -1.32. The van der Waals surface area contributed by atoms with Crippen LogP contribution in [0.5, 0.6) is 5.75 Å². The molecule has 0 bridgehead atoms. The van der Waals surface area contributed by atoms with Gasteiger partial charge in [0.2, 0.25) is 0 Å². The second-order valence-electron chi connectivity index (χ2n) is 4.81. The van der Waals surface area contributed by atoms with Crippen LogP contribution in [-0.4, -0.2) is 13.2 Å². The molecule has 3 heteroatoms. The third-order valence-corrected chi connectivity index (χ3v) is 4.09. The van der Waals surface area contributed by atoms with E-state index in [9.17, 15) is 0 Å². The van der Waals surface area contributed by atoms with Crippen molar-refractivity contribution in [2.45, 2.75) is 32.7 Å². The van der Waals surface area contributed by atoms with Crippen molar-refractivity contribution >= 4 is 11.3 Å². The van der Waals surface area contributed by atoms with Gasteiger partial charge in [0.05, 0.1) is 6.61 Å². The summed E-state index contributed by atoms with van der Waals surface area (Å²) >= 11 is 1.82. The maximum Gasteiger partial charge on any atom is 0.119 e. The smallest absolute Gasteiger partial charge is 0.119 e. The minimum absolute atomic E-state index is 0.374. The quantitative estimate of drug-likeness (QED) is 0.776. The summed E-state index contributed by atoms with van der Waals surface area (Å²) in [6, 6.07) is 13.2. The molecule has 0 fully saturated rings. The van der Waals surface area contributed by atoms with E-state index in [1.165, 1.54) is 10.4 Å². The van der Waals surface area contributed by atoms with Crippen LogP contribution in [0.25, 0.3) is 0 Å². The molecule has 0 radical (unpaired) electrons. The van der Waals surface area contributed by atoms with Gasteiger partial charge in [0, 0.05) is 17.3 Å². The number of hydrogen-bond donors (Lipinski definition) is 1. The highest BCUT2D eigenvalue weighted by molar-refractivity contribution is 7.09. The lowest BCUT2D eigenvalue weighted by atomic mass is 10.0. The van der Waals surface area contributed by atoms with Gasteiger partial charge in [-0.15, -0.1) is 11.3 Å². The van der Waals surface area contributed by atoms with Gasteiger partial charge in [-0.05, 0) is 42.1 Å². The number of benzene rings is 1. The normalized spacial score (nSPS) is 12.3. The second-order valence-corrected chi connectivity index (χ2v) is 5.84. The molecule has 2 aromatic rings. The lowest BCUT2D eigenvalue weighted by Crippen LogP contribution is -2.22. The van der Waals surface area contributed by atoms with Gasteiger partial charge >= 0.3 is 0 Å². The molecular weight excluding hydrogens is 266 g/mol. The van der Waals surface area contributed by atoms with Gasteiger partial charge < -0.3 is 10.1 Å². The van der Waals surface area contributed by atoms with Crippen molar-refractivity contribution in [1.29, 1.82) is 0 Å². The van der Waals surface area contributed by atoms with E-state index in [1.54, 1.807) is 0 Å². The van der Waals surface area contributed by atoms with E-state index < -0.39 is 0 Å². The summed E-state index contributed by atoms with van der Waals surface area (Å²) < 4.78 is 5.64. The Morgan fingerprint density at radius 3 is 2.55 bits per heavy atom. The predicted octanol–water partition coefficient (Wildman–Crippen LogP) is 4.43. The third kappa shape index (κ3) is 4.36. The zero-order valence-electron chi connectivity index (χ0n) is 12.3. The van der Waals surface area contributed by atoms with E-state index in [0.717, 1.165) is 31.7 Å². The molecule has 0 aliphatic rings. The maximum absolute atomic E-state index is 5.64. The first-order valence-corrected chi connectivity index (χ1v) is 8.20. The topological polar surface area (TPSA) is 21.3 Å². The molecule has 108 valence electrons. The summed E-state index contributed by atoms with van der Waals surface area (Å²) in [5.74, 6) is 0.960. The van der Waals surface area contributed by atoms with Crippen molar-refractivity contribution in [1.82, 2.24) is 5.32 Å². The molecule has 1 aromatic carbocycles. The van der Waals surface area contributed by atoms with E-state index in [4.69, 9.17) is 4.74 Å². The maximum atomic E-state index is 5.64. The first-order chi connectivity index (χ1) is 9.83. The van der Waals surface area contributed by atoms with Crippen molar-refractivity contribution in [2.75, 3.05) is 13.2 Å². The zero-order chi connectivity index (χ0) is 14.2. The third-order valence-electron chi connectivity index (χ3n) is 3.19. The first-order valence-electron chi connectivity index (χ1n) is 7.32. The largest absolute Gasteiger partial charge is 0.494 e. The molecule has 1 aromatic heterocycles. The van der Waals surface area contributed by atoms with Gasteiger partial charge in [0.15, 0.2) is 0 Å². The van der Waals surface area contributed by atoms with Gasteiger partial charge in [-0.2, -0.15) is 0 Å². The Labute approximate surface area is 125 Å². The van der Waals surface area contributed by atoms with Gasteiger partial charge in [-0.25, -0.2) is 0 Å². The fraction of sp³-hybridized carbons (Fsp3) is 0.412. The average Bonchev–Trinajstić information content (AvgIpc) is 2.98. The molecule has 0 aliphatic heterocycles. The number of ether oxygens (including phenoxy) is 1. The van der Waals surface area contributed by atoms with Crippen molar-refractivity contribution in [2.24, 2.45) is 0 Å². The van der Waals surface area contributed by atoms with Crippen LogP contribution < -0.4 is 10.1 Å². The summed E-state index contributed by atoms with van der Waals surface area (Å²) in [4.78, 5) is 1.42. The number of rotatable bonds is 8. The Morgan fingerprint density at radius 1 is 1.15 bits per heavy atom. The zero-order valence-corrected chi connectivity index (χ0v) is 13.1. The second kappa shape index (κ2) is 8.08. The molecule has 0 aliphatic carbocycles. The van der Waals surface area contributed by atoms with Crippen LogP contribution >= 0.6 is 11.3 Å². The fourth-order valence-electron chi connectivity index (χ4n) is 2.20. The van der Waals surface area contributed by atoms with Crippen LogP contribution in [-0.2, 0) is 6.42 Å². The monoisotopic (exact) mass is 289 g/mol. The Bertz CT molecular complexity index is 478. The standard InChI is InChI=1S/C17H23NOS/c1-3-11-19-15-9-7-14(8-10-15)17(18-4-2)13-16-6-5-12-20-16/h5-10,12,17-18H,3-4,11,13H2,1-2H3. The molecule has 0 spiro atoms.